The normalized spacial score (nSPS) is 32.0. The first-order chi connectivity index (χ1) is 7.72. The Labute approximate surface area is 97.2 Å². The Morgan fingerprint density at radius 2 is 2.38 bits per heavy atom. The SMILES string of the molecule is Fc1cnc(Cl)nc1NC1CC2CCC1O2. The minimum atomic E-state index is -0.479. The van der Waals surface area contributed by atoms with Crippen LogP contribution in [0.5, 0.6) is 0 Å². The van der Waals surface area contributed by atoms with Gasteiger partial charge in [-0.15, -0.1) is 0 Å². The van der Waals surface area contributed by atoms with Gasteiger partial charge in [0.05, 0.1) is 24.4 Å². The molecule has 0 radical (unpaired) electrons. The van der Waals surface area contributed by atoms with Crippen molar-refractivity contribution in [3.05, 3.63) is 17.3 Å². The molecule has 2 aliphatic heterocycles. The minimum absolute atomic E-state index is 0.0491. The van der Waals surface area contributed by atoms with Gasteiger partial charge in [0.15, 0.2) is 11.6 Å². The van der Waals surface area contributed by atoms with Gasteiger partial charge in [0, 0.05) is 0 Å². The largest absolute Gasteiger partial charge is 0.373 e. The maximum atomic E-state index is 13.4. The van der Waals surface area contributed by atoms with E-state index in [1.807, 2.05) is 0 Å². The molecule has 3 rings (SSSR count). The van der Waals surface area contributed by atoms with E-state index in [1.54, 1.807) is 0 Å². The van der Waals surface area contributed by atoms with Crippen molar-refractivity contribution in [2.45, 2.75) is 37.5 Å². The molecular weight excluding hydrogens is 233 g/mol. The van der Waals surface area contributed by atoms with Crippen molar-refractivity contribution in [3.8, 4) is 0 Å². The summed E-state index contributed by atoms with van der Waals surface area (Å²) in [6.07, 6.45) is 4.62. The highest BCUT2D eigenvalue weighted by atomic mass is 35.5. The van der Waals surface area contributed by atoms with Crippen LogP contribution in [0, 0.1) is 5.82 Å². The average molecular weight is 244 g/mol. The fourth-order valence-electron chi connectivity index (χ4n) is 2.41. The van der Waals surface area contributed by atoms with E-state index in [9.17, 15) is 4.39 Å². The predicted octanol–water partition coefficient (Wildman–Crippen LogP) is 2.00. The van der Waals surface area contributed by atoms with Crippen LogP contribution in [0.1, 0.15) is 19.3 Å². The molecule has 0 saturated carbocycles. The standard InChI is InChI=1S/C10H11ClFN3O/c11-10-13-4-6(12)9(15-10)14-7-3-5-1-2-8(7)16-5/h4-5,7-8H,1-3H2,(H,13,14,15). The number of aromatic nitrogens is 2. The van der Waals surface area contributed by atoms with Crippen molar-refractivity contribution >= 4 is 17.4 Å². The Bertz CT molecular complexity index is 417. The minimum Gasteiger partial charge on any atom is -0.373 e. The second kappa shape index (κ2) is 3.82. The van der Waals surface area contributed by atoms with Gasteiger partial charge >= 0.3 is 0 Å². The first kappa shape index (κ1) is 10.2. The first-order valence-electron chi connectivity index (χ1n) is 5.32. The number of fused-ring (bicyclic) bond motifs is 2. The number of rotatable bonds is 2. The smallest absolute Gasteiger partial charge is 0.224 e. The Balaban J connectivity index is 1.76. The van der Waals surface area contributed by atoms with Gasteiger partial charge in [0.2, 0.25) is 5.28 Å². The van der Waals surface area contributed by atoms with Gasteiger partial charge in [0.25, 0.3) is 0 Å². The molecule has 4 nitrogen and oxygen atoms in total. The van der Waals surface area contributed by atoms with Crippen molar-refractivity contribution in [1.29, 1.82) is 0 Å². The number of halogens is 2. The summed E-state index contributed by atoms with van der Waals surface area (Å²) in [6, 6.07) is 0.138. The van der Waals surface area contributed by atoms with E-state index in [0.717, 1.165) is 25.5 Å². The Morgan fingerprint density at radius 3 is 3.06 bits per heavy atom. The predicted molar refractivity (Wildman–Crippen MR) is 56.9 cm³/mol. The van der Waals surface area contributed by atoms with Gasteiger partial charge in [-0.1, -0.05) is 0 Å². The highest BCUT2D eigenvalue weighted by Gasteiger charge is 2.41. The molecule has 0 spiro atoms. The zero-order valence-electron chi connectivity index (χ0n) is 8.49. The summed E-state index contributed by atoms with van der Waals surface area (Å²) in [5, 5.41) is 3.09. The summed E-state index contributed by atoms with van der Waals surface area (Å²) in [7, 11) is 0. The Hall–Kier alpha value is -0.940. The molecule has 1 aromatic rings. The second-order valence-electron chi connectivity index (χ2n) is 4.20. The van der Waals surface area contributed by atoms with Gasteiger partial charge in [0.1, 0.15) is 0 Å². The molecular formula is C10H11ClFN3O. The van der Waals surface area contributed by atoms with E-state index in [2.05, 4.69) is 15.3 Å². The quantitative estimate of drug-likeness (QED) is 0.807. The van der Waals surface area contributed by atoms with Gasteiger partial charge in [-0.2, -0.15) is 4.98 Å². The highest BCUT2D eigenvalue weighted by molar-refractivity contribution is 6.28. The highest BCUT2D eigenvalue weighted by Crippen LogP contribution is 2.35. The summed E-state index contributed by atoms with van der Waals surface area (Å²) in [5.41, 5.74) is 0. The maximum Gasteiger partial charge on any atom is 0.224 e. The summed E-state index contributed by atoms with van der Waals surface area (Å²) in [6.45, 7) is 0. The fraction of sp³-hybridized carbons (Fsp3) is 0.600. The van der Waals surface area contributed by atoms with Crippen LogP contribution in [-0.4, -0.2) is 28.2 Å². The van der Waals surface area contributed by atoms with E-state index in [1.165, 1.54) is 0 Å². The van der Waals surface area contributed by atoms with Crippen LogP contribution in [0.25, 0.3) is 0 Å². The summed E-state index contributed by atoms with van der Waals surface area (Å²) in [4.78, 5) is 7.40. The zero-order valence-corrected chi connectivity index (χ0v) is 9.25. The van der Waals surface area contributed by atoms with E-state index < -0.39 is 5.82 Å². The molecule has 6 heteroatoms. The molecule has 1 N–H and O–H groups in total. The first-order valence-corrected chi connectivity index (χ1v) is 5.70. The molecule has 2 aliphatic rings. The van der Waals surface area contributed by atoms with Gasteiger partial charge in [-0.25, -0.2) is 9.37 Å². The van der Waals surface area contributed by atoms with Crippen molar-refractivity contribution in [2.24, 2.45) is 0 Å². The monoisotopic (exact) mass is 243 g/mol. The van der Waals surface area contributed by atoms with Crippen LogP contribution >= 0.6 is 11.6 Å². The summed E-state index contributed by atoms with van der Waals surface area (Å²) < 4.78 is 19.0. The van der Waals surface area contributed by atoms with E-state index >= 15 is 0 Å². The Kier molecular flexibility index (Phi) is 2.44. The van der Waals surface area contributed by atoms with Crippen molar-refractivity contribution in [1.82, 2.24) is 9.97 Å². The molecule has 16 heavy (non-hydrogen) atoms. The van der Waals surface area contributed by atoms with Crippen LogP contribution < -0.4 is 5.32 Å². The summed E-state index contributed by atoms with van der Waals surface area (Å²) >= 11 is 5.62. The van der Waals surface area contributed by atoms with Crippen molar-refractivity contribution in [3.63, 3.8) is 0 Å². The van der Waals surface area contributed by atoms with Gasteiger partial charge < -0.3 is 10.1 Å². The van der Waals surface area contributed by atoms with Crippen LogP contribution in [0.4, 0.5) is 10.2 Å². The number of nitrogens with zero attached hydrogens (tertiary/aromatic N) is 2. The molecule has 2 fully saturated rings. The lowest BCUT2D eigenvalue weighted by molar-refractivity contribution is 0.102. The average Bonchev–Trinajstić information content (AvgIpc) is 2.85. The van der Waals surface area contributed by atoms with Crippen LogP contribution in [0.15, 0.2) is 6.20 Å². The molecule has 1 aromatic heterocycles. The molecule has 2 bridgehead atoms. The van der Waals surface area contributed by atoms with Gasteiger partial charge in [-0.3, -0.25) is 0 Å². The number of hydrogen-bond acceptors (Lipinski definition) is 4. The number of anilines is 1. The lowest BCUT2D eigenvalue weighted by Gasteiger charge is -2.20. The second-order valence-corrected chi connectivity index (χ2v) is 4.53. The van der Waals surface area contributed by atoms with Gasteiger partial charge in [-0.05, 0) is 30.9 Å². The van der Waals surface area contributed by atoms with Crippen LogP contribution in [-0.2, 0) is 4.74 Å². The molecule has 2 saturated heterocycles. The topological polar surface area (TPSA) is 47.0 Å². The molecule has 0 amide bonds. The molecule has 3 unspecified atom stereocenters. The number of ether oxygens (including phenoxy) is 1. The lowest BCUT2D eigenvalue weighted by atomic mass is 9.95. The Morgan fingerprint density at radius 1 is 1.50 bits per heavy atom. The third-order valence-corrected chi connectivity index (χ3v) is 3.32. The van der Waals surface area contributed by atoms with Crippen LogP contribution in [0.2, 0.25) is 5.28 Å². The van der Waals surface area contributed by atoms with E-state index in [-0.39, 0.29) is 23.2 Å². The third-order valence-electron chi connectivity index (χ3n) is 3.14. The van der Waals surface area contributed by atoms with Crippen molar-refractivity contribution in [2.75, 3.05) is 5.32 Å². The summed E-state index contributed by atoms with van der Waals surface area (Å²) in [5.74, 6) is -0.312. The van der Waals surface area contributed by atoms with E-state index in [4.69, 9.17) is 16.3 Å². The zero-order chi connectivity index (χ0) is 11.1. The molecule has 3 atom stereocenters. The molecule has 3 heterocycles. The van der Waals surface area contributed by atoms with Crippen LogP contribution in [0.3, 0.4) is 0 Å². The maximum absolute atomic E-state index is 13.4. The fourth-order valence-corrected chi connectivity index (χ4v) is 2.55. The third kappa shape index (κ3) is 1.74. The number of hydrogen-bond donors (Lipinski definition) is 1. The molecule has 86 valence electrons. The van der Waals surface area contributed by atoms with E-state index in [0.29, 0.717) is 6.10 Å². The number of nitrogens with one attached hydrogen (secondary N) is 1. The lowest BCUT2D eigenvalue weighted by Crippen LogP contribution is -2.31. The van der Waals surface area contributed by atoms with Crippen molar-refractivity contribution < 1.29 is 9.13 Å². The molecule has 0 aromatic carbocycles. The molecule has 0 aliphatic carbocycles.